The summed E-state index contributed by atoms with van der Waals surface area (Å²) in [5.74, 6) is 3.74. The summed E-state index contributed by atoms with van der Waals surface area (Å²) in [4.78, 5) is 82.9. The van der Waals surface area contributed by atoms with Gasteiger partial charge in [-0.15, -0.1) is 22.7 Å². The molecular weight excluding hydrogens is 1620 g/mol. The number of carbonyl (C=O) groups excluding carboxylic acids is 4. The number of hydrogen-bond donors (Lipinski definition) is 8. The van der Waals surface area contributed by atoms with Gasteiger partial charge in [0.1, 0.15) is 36.3 Å². The van der Waals surface area contributed by atoms with Crippen molar-refractivity contribution in [2.24, 2.45) is 46.3 Å². The van der Waals surface area contributed by atoms with Crippen molar-refractivity contribution in [3.8, 4) is 56.8 Å². The lowest BCUT2D eigenvalue weighted by Crippen LogP contribution is -2.48. The summed E-state index contributed by atoms with van der Waals surface area (Å²) in [7, 11) is 0. The van der Waals surface area contributed by atoms with Crippen molar-refractivity contribution < 1.29 is 90.4 Å². The number of hydrogen-bond acceptors (Lipinski definition) is 21. The van der Waals surface area contributed by atoms with Crippen LogP contribution in [0.5, 0.6) is 34.5 Å². The van der Waals surface area contributed by atoms with Crippen molar-refractivity contribution >= 4 is 68.5 Å². The number of benzene rings is 6. The summed E-state index contributed by atoms with van der Waals surface area (Å²) < 4.78 is 84.9. The van der Waals surface area contributed by atoms with Crippen LogP contribution >= 0.6 is 22.7 Å². The van der Waals surface area contributed by atoms with Crippen molar-refractivity contribution in [2.45, 2.75) is 141 Å². The average Bonchev–Trinajstić information content (AvgIpc) is 0.978. The Morgan fingerprint density at radius 3 is 1.11 bits per heavy atom. The highest BCUT2D eigenvalue weighted by atomic mass is 32.1. The fourth-order valence-corrected chi connectivity index (χ4v) is 22.2. The quantitative estimate of drug-likeness (QED) is 0.0165. The number of carboxylic acids is 2. The topological polar surface area (TPSA) is 324 Å². The zero-order valence-electron chi connectivity index (χ0n) is 69.7. The molecule has 8 aromatic rings. The van der Waals surface area contributed by atoms with Gasteiger partial charge in [-0.3, -0.25) is 19.2 Å². The van der Waals surface area contributed by atoms with E-state index in [0.29, 0.717) is 160 Å². The second kappa shape index (κ2) is 40.4. The molecule has 10 aliphatic rings. The first-order valence-corrected chi connectivity index (χ1v) is 44.9. The maximum atomic E-state index is 15.6. The van der Waals surface area contributed by atoms with E-state index >= 15 is 8.78 Å². The molecule has 18 rings (SSSR count). The van der Waals surface area contributed by atoms with E-state index in [1.165, 1.54) is 136 Å². The van der Waals surface area contributed by atoms with Gasteiger partial charge in [0.2, 0.25) is 23.6 Å². The minimum Gasteiger partial charge on any atom is -0.487 e. The Hall–Kier alpha value is -9.82. The molecule has 25 nitrogen and oxygen atoms in total. The van der Waals surface area contributed by atoms with E-state index in [1.54, 1.807) is 71.7 Å². The molecule has 4 amide bonds. The molecule has 8 saturated carbocycles. The van der Waals surface area contributed by atoms with E-state index in [4.69, 9.17) is 42.6 Å². The zero-order chi connectivity index (χ0) is 85.5. The van der Waals surface area contributed by atoms with Gasteiger partial charge >= 0.3 is 11.9 Å². The second-order valence-corrected chi connectivity index (χ2v) is 36.7. The summed E-state index contributed by atoms with van der Waals surface area (Å²) in [6.45, 7) is 10.3. The molecule has 8 aliphatic carbocycles. The first-order chi connectivity index (χ1) is 59.6. The predicted molar refractivity (Wildman–Crippen MR) is 461 cm³/mol. The van der Waals surface area contributed by atoms with Crippen LogP contribution in [-0.4, -0.2) is 161 Å². The van der Waals surface area contributed by atoms with E-state index in [2.05, 4.69) is 41.9 Å². The van der Waals surface area contributed by atoms with Gasteiger partial charge in [-0.05, 0) is 256 Å². The van der Waals surface area contributed by atoms with Crippen LogP contribution in [0.25, 0.3) is 22.3 Å². The minimum atomic E-state index is -1.06. The highest BCUT2D eigenvalue weighted by Gasteiger charge is 2.53. The molecule has 654 valence electrons. The van der Waals surface area contributed by atoms with Gasteiger partial charge in [0.15, 0.2) is 33.3 Å². The molecule has 123 heavy (non-hydrogen) atoms. The van der Waals surface area contributed by atoms with Crippen LogP contribution in [0.2, 0.25) is 0 Å². The number of nitrogens with one attached hydrogen (secondary N) is 6. The predicted octanol–water partition coefficient (Wildman–Crippen LogP) is 15.9. The Kier molecular flexibility index (Phi) is 28.9. The fourth-order valence-electron chi connectivity index (χ4n) is 21.1. The number of halogens is 2. The lowest BCUT2D eigenvalue weighted by molar-refractivity contribution is -0.130. The molecule has 8 fully saturated rings. The van der Waals surface area contributed by atoms with Crippen molar-refractivity contribution in [3.05, 3.63) is 177 Å². The van der Waals surface area contributed by atoms with E-state index in [1.807, 2.05) is 38.1 Å². The number of rotatable bonds is 41. The summed E-state index contributed by atoms with van der Waals surface area (Å²) in [5, 5.41) is 42.1. The van der Waals surface area contributed by atoms with Crippen LogP contribution in [0.4, 0.5) is 19.0 Å². The normalized spacial score (nSPS) is 23.5. The van der Waals surface area contributed by atoms with Crippen molar-refractivity contribution in [1.29, 1.82) is 0 Å². The molecule has 4 heterocycles. The van der Waals surface area contributed by atoms with E-state index in [9.17, 15) is 39.0 Å². The Labute approximate surface area is 723 Å². The lowest BCUT2D eigenvalue weighted by Gasteiger charge is -2.56. The Balaban J connectivity index is 0.000000191. The van der Waals surface area contributed by atoms with Crippen molar-refractivity contribution in [3.63, 3.8) is 0 Å². The number of thiazole rings is 2. The van der Waals surface area contributed by atoms with Gasteiger partial charge in [0.25, 0.3) is 0 Å². The largest absolute Gasteiger partial charge is 0.487 e. The molecule has 0 saturated heterocycles. The average molecular weight is 1730 g/mol. The third-order valence-electron chi connectivity index (χ3n) is 25.6. The number of aromatic nitrogens is 2. The molecule has 29 heteroatoms. The van der Waals surface area contributed by atoms with Gasteiger partial charge < -0.3 is 84.7 Å². The van der Waals surface area contributed by atoms with Crippen LogP contribution in [0.1, 0.15) is 160 Å². The van der Waals surface area contributed by atoms with Gasteiger partial charge in [0.05, 0.1) is 77.2 Å². The first kappa shape index (κ1) is 88.1. The van der Waals surface area contributed by atoms with E-state index in [-0.39, 0.29) is 96.4 Å². The molecule has 2 aliphatic heterocycles. The molecule has 8 N–H and O–H groups in total. The number of aromatic carboxylic acids is 2. The van der Waals surface area contributed by atoms with Crippen LogP contribution in [-0.2, 0) is 66.8 Å². The molecule has 0 unspecified atom stereocenters. The van der Waals surface area contributed by atoms with Crippen LogP contribution in [0, 0.1) is 58.0 Å². The summed E-state index contributed by atoms with van der Waals surface area (Å²) in [6, 6.07) is 28.5. The summed E-state index contributed by atoms with van der Waals surface area (Å²) in [6.07, 6.45) is 21.8. The van der Waals surface area contributed by atoms with E-state index < -0.39 is 34.7 Å². The number of carboxylic acid groups (broad SMARTS) is 2. The Morgan fingerprint density at radius 2 is 0.780 bits per heavy atom. The Morgan fingerprint density at radius 1 is 0.431 bits per heavy atom. The number of ether oxygens (including phenoxy) is 9. The number of nitrogens with zero attached hydrogens (tertiary/aromatic N) is 2. The number of amides is 4. The smallest absolute Gasteiger partial charge is 0.335 e. The maximum absolute atomic E-state index is 15.6. The number of carbonyl (C=O) groups is 6. The SMILES string of the molecule is C[C@]1(CC(=O)Nc2nccs2)NCCc2cc(OCCOCCOCCNC(=O)CC34CC5CC(CC(C5)C3)C4)c(Oc3ccc(-c4ccc(C(=O)O)cc4)c(F)c3)cc21.C[C@]1(CC(=O)Nc2nccs2)NCCc2cc(OCCOCCOCCOCCNC(=O)CC34CC5CC(CC(C5)C3)C4)c(Oc3ccc(-c4ccc(C(=O)O)cc4)c(F)c3)cc21. The van der Waals surface area contributed by atoms with Crippen LogP contribution in [0.3, 0.4) is 0 Å². The van der Waals surface area contributed by atoms with Gasteiger partial charge in [-0.2, -0.15) is 0 Å². The standard InChI is InChI=1S/C48H57FN4O9S.C46H53FN4O8S/c1-47(29-44(55)53-46-51-11-19-63-46)39-25-42(62-37-6-7-38(40(49)24-37)34-2-4-35(5-3-34)45(56)57)41(23-36(39)8-9-52-47)61-18-17-60-16-15-59-14-13-58-12-10-50-43(54)30-48-26-31-20-32(27-48)22-33(21-31)28-48;1-45(27-42(53)51-44-49-11-17-60-44)37-23-40(59-35-6-7-36(38(47)22-35)32-2-4-33(5-3-32)43(54)55)39(21-34(37)8-9-50-45)58-16-15-57-14-13-56-12-10-48-41(52)28-46-24-29-18-30(25-46)20-31(19-29)26-46/h2-7,11,19,23-25,31-33,52H,8-10,12-18,20-22,26-30H2,1H3,(H,50,54)(H,56,57)(H,51,53,55);2-7,11,17,21-23,29-31,50H,8-10,12-16,18-20,24-28H2,1H3,(H,48,52)(H,54,55)(H,49,51,53)/t31?,32?,33?,47-,48?;29?,30?,31?,45-,46?/m11/s1. The second-order valence-electron chi connectivity index (χ2n) is 35.0. The molecule has 2 aromatic heterocycles. The lowest BCUT2D eigenvalue weighted by atomic mass is 9.49. The first-order valence-electron chi connectivity index (χ1n) is 43.1. The van der Waals surface area contributed by atoms with Crippen molar-refractivity contribution in [2.75, 3.05) is 116 Å². The third kappa shape index (κ3) is 23.0. The molecular formula is C94H110F2N8O17S2. The zero-order valence-corrected chi connectivity index (χ0v) is 71.3. The third-order valence-corrected chi connectivity index (χ3v) is 27.0. The minimum absolute atomic E-state index is 0.108. The molecule has 0 radical (unpaired) electrons. The number of fused-ring (bicyclic) bond motifs is 2. The Bertz CT molecular complexity index is 4930. The summed E-state index contributed by atoms with van der Waals surface area (Å²) >= 11 is 2.69. The molecule has 2 atom stereocenters. The highest BCUT2D eigenvalue weighted by molar-refractivity contribution is 7.14. The van der Waals surface area contributed by atoms with Gasteiger partial charge in [-0.25, -0.2) is 28.3 Å². The van der Waals surface area contributed by atoms with Gasteiger partial charge in [0, 0.05) is 109 Å². The molecule has 6 aromatic carbocycles. The highest BCUT2D eigenvalue weighted by Crippen LogP contribution is 2.63. The van der Waals surface area contributed by atoms with Crippen molar-refractivity contribution in [1.82, 2.24) is 31.2 Å². The van der Waals surface area contributed by atoms with E-state index in [0.717, 1.165) is 57.8 Å². The summed E-state index contributed by atoms with van der Waals surface area (Å²) in [5.41, 5.74) is 4.52. The van der Waals surface area contributed by atoms with Crippen LogP contribution < -0.4 is 50.8 Å². The van der Waals surface area contributed by atoms with Gasteiger partial charge in [-0.1, -0.05) is 24.3 Å². The number of anilines is 2. The molecule has 8 bridgehead atoms. The fraction of sp³-hybridized carbons (Fsp3) is 0.489. The maximum Gasteiger partial charge on any atom is 0.335 e. The molecule has 0 spiro atoms. The monoisotopic (exact) mass is 1720 g/mol. The van der Waals surface area contributed by atoms with Crippen LogP contribution in [0.15, 0.2) is 132 Å².